The van der Waals surface area contributed by atoms with Gasteiger partial charge in [0, 0.05) is 46.0 Å². The van der Waals surface area contributed by atoms with Crippen LogP contribution in [0.15, 0.2) is 29.3 Å². The maximum atomic E-state index is 12.7. The fourth-order valence-electron chi connectivity index (χ4n) is 3.13. The van der Waals surface area contributed by atoms with E-state index in [9.17, 15) is 13.2 Å². The van der Waals surface area contributed by atoms with Crippen molar-refractivity contribution in [1.29, 1.82) is 0 Å². The molecule has 1 aliphatic rings. The molecule has 0 unspecified atom stereocenters. The molecule has 10 heteroatoms. The molecule has 0 radical (unpaired) electrons. The number of anilines is 1. The van der Waals surface area contributed by atoms with Crippen molar-refractivity contribution in [3.8, 4) is 0 Å². The Bertz CT molecular complexity index is 819. The number of benzene rings is 1. The zero-order chi connectivity index (χ0) is 20.3. The molecule has 152 valence electrons. The van der Waals surface area contributed by atoms with Crippen molar-refractivity contribution in [3.05, 3.63) is 41.5 Å². The Kier molecular flexibility index (Phi) is 5.76. The number of aromatic nitrogens is 3. The van der Waals surface area contributed by atoms with E-state index in [1.165, 1.54) is 12.1 Å². The number of halogens is 3. The van der Waals surface area contributed by atoms with Crippen LogP contribution >= 0.6 is 0 Å². The van der Waals surface area contributed by atoms with Crippen LogP contribution in [-0.2, 0) is 19.8 Å². The average Bonchev–Trinajstić information content (AvgIpc) is 3.00. The number of alkyl halides is 3. The zero-order valence-corrected chi connectivity index (χ0v) is 16.2. The summed E-state index contributed by atoms with van der Waals surface area (Å²) in [6.45, 7) is 5.26. The van der Waals surface area contributed by atoms with Crippen molar-refractivity contribution in [3.63, 3.8) is 0 Å². The monoisotopic (exact) mass is 395 g/mol. The van der Waals surface area contributed by atoms with Crippen molar-refractivity contribution >= 4 is 11.6 Å². The molecule has 0 aliphatic carbocycles. The van der Waals surface area contributed by atoms with Gasteiger partial charge in [-0.3, -0.25) is 4.99 Å². The number of rotatable bonds is 3. The van der Waals surface area contributed by atoms with Gasteiger partial charge in [0.15, 0.2) is 11.8 Å². The number of guanidine groups is 1. The first kappa shape index (κ1) is 20.0. The Labute approximate surface area is 161 Å². The fraction of sp³-hybridized carbons (Fsp3) is 0.500. The maximum Gasteiger partial charge on any atom is 0.416 e. The quantitative estimate of drug-likeness (QED) is 0.637. The summed E-state index contributed by atoms with van der Waals surface area (Å²) in [4.78, 5) is 8.54. The lowest BCUT2D eigenvalue weighted by Crippen LogP contribution is -2.52. The molecule has 1 saturated heterocycles. The third-order valence-electron chi connectivity index (χ3n) is 4.94. The zero-order valence-electron chi connectivity index (χ0n) is 16.2. The number of nitrogens with one attached hydrogen (secondary N) is 1. The molecule has 2 heterocycles. The highest BCUT2D eigenvalue weighted by molar-refractivity contribution is 5.80. The highest BCUT2D eigenvalue weighted by Gasteiger charge is 2.30. The van der Waals surface area contributed by atoms with E-state index in [2.05, 4.69) is 30.3 Å². The van der Waals surface area contributed by atoms with Crippen LogP contribution in [0.4, 0.5) is 18.9 Å². The minimum atomic E-state index is -4.31. The van der Waals surface area contributed by atoms with E-state index >= 15 is 0 Å². The lowest BCUT2D eigenvalue weighted by molar-refractivity contribution is -0.137. The van der Waals surface area contributed by atoms with Crippen molar-refractivity contribution < 1.29 is 13.2 Å². The molecule has 0 amide bonds. The molecule has 0 atom stereocenters. The Hall–Kier alpha value is -2.78. The van der Waals surface area contributed by atoms with E-state index < -0.39 is 11.7 Å². The third kappa shape index (κ3) is 4.37. The van der Waals surface area contributed by atoms with E-state index in [1.54, 1.807) is 7.05 Å². The molecule has 0 bridgehead atoms. The van der Waals surface area contributed by atoms with Gasteiger partial charge < -0.3 is 19.7 Å². The number of aryl methyl sites for hydroxylation is 1. The second kappa shape index (κ2) is 8.07. The summed E-state index contributed by atoms with van der Waals surface area (Å²) >= 11 is 0. The molecule has 1 aromatic heterocycles. The van der Waals surface area contributed by atoms with Crippen molar-refractivity contribution in [2.75, 3.05) is 38.1 Å². The second-order valence-electron chi connectivity index (χ2n) is 6.64. The number of hydrogen-bond donors (Lipinski definition) is 1. The number of aliphatic imine (C=N–C) groups is 1. The minimum absolute atomic E-state index is 0.517. The van der Waals surface area contributed by atoms with Gasteiger partial charge in [-0.05, 0) is 31.2 Å². The summed E-state index contributed by atoms with van der Waals surface area (Å²) in [7, 11) is 3.64. The van der Waals surface area contributed by atoms with Gasteiger partial charge in [0.2, 0.25) is 0 Å². The number of piperazine rings is 1. The first-order valence-corrected chi connectivity index (χ1v) is 9.02. The highest BCUT2D eigenvalue weighted by atomic mass is 19.4. The Morgan fingerprint density at radius 2 is 1.75 bits per heavy atom. The molecule has 1 aromatic carbocycles. The van der Waals surface area contributed by atoms with Crippen LogP contribution in [0.1, 0.15) is 17.2 Å². The minimum Gasteiger partial charge on any atom is -0.368 e. The summed E-state index contributed by atoms with van der Waals surface area (Å²) in [6, 6.07) is 5.32. The van der Waals surface area contributed by atoms with Crippen LogP contribution in [-0.4, -0.2) is 58.9 Å². The van der Waals surface area contributed by atoms with Crippen molar-refractivity contribution in [2.45, 2.75) is 19.6 Å². The molecule has 1 N–H and O–H groups in total. The molecule has 0 saturated carbocycles. The van der Waals surface area contributed by atoms with Gasteiger partial charge >= 0.3 is 6.18 Å². The van der Waals surface area contributed by atoms with Crippen LogP contribution in [0.25, 0.3) is 0 Å². The molecule has 1 fully saturated rings. The van der Waals surface area contributed by atoms with Crippen LogP contribution < -0.4 is 10.2 Å². The van der Waals surface area contributed by atoms with Crippen LogP contribution in [0, 0.1) is 6.92 Å². The third-order valence-corrected chi connectivity index (χ3v) is 4.94. The standard InChI is InChI=1S/C18H24F3N7/c1-13-24-25-16(26(13)3)12-23-17(22-2)28-10-8-27(9-11-28)15-6-4-14(5-7-15)18(19,20)21/h4-7H,8-12H2,1-3H3,(H,22,23). The molecule has 0 spiro atoms. The first-order valence-electron chi connectivity index (χ1n) is 9.02. The topological polar surface area (TPSA) is 61.6 Å². The summed E-state index contributed by atoms with van der Waals surface area (Å²) in [5.74, 6) is 2.44. The lowest BCUT2D eigenvalue weighted by Gasteiger charge is -2.37. The predicted octanol–water partition coefficient (Wildman–Crippen LogP) is 2.04. The summed E-state index contributed by atoms with van der Waals surface area (Å²) in [5.41, 5.74) is 0.170. The average molecular weight is 395 g/mol. The molecular weight excluding hydrogens is 371 g/mol. The normalized spacial score (nSPS) is 15.9. The van der Waals surface area contributed by atoms with E-state index in [1.807, 2.05) is 18.5 Å². The molecule has 2 aromatic rings. The lowest BCUT2D eigenvalue weighted by atomic mass is 10.1. The van der Waals surface area contributed by atoms with Gasteiger partial charge in [0.25, 0.3) is 0 Å². The van der Waals surface area contributed by atoms with E-state index in [4.69, 9.17) is 0 Å². The van der Waals surface area contributed by atoms with Crippen LogP contribution in [0.2, 0.25) is 0 Å². The summed E-state index contributed by atoms with van der Waals surface area (Å²) in [6.07, 6.45) is -4.31. The number of nitrogens with zero attached hydrogens (tertiary/aromatic N) is 6. The van der Waals surface area contributed by atoms with Gasteiger partial charge in [-0.25, -0.2) is 0 Å². The van der Waals surface area contributed by atoms with Gasteiger partial charge in [0.1, 0.15) is 5.82 Å². The molecule has 28 heavy (non-hydrogen) atoms. The van der Waals surface area contributed by atoms with Crippen molar-refractivity contribution in [1.82, 2.24) is 25.0 Å². The van der Waals surface area contributed by atoms with E-state index in [0.29, 0.717) is 19.6 Å². The second-order valence-corrected chi connectivity index (χ2v) is 6.64. The van der Waals surface area contributed by atoms with Crippen LogP contribution in [0.3, 0.4) is 0 Å². The van der Waals surface area contributed by atoms with Gasteiger partial charge in [0.05, 0.1) is 12.1 Å². The largest absolute Gasteiger partial charge is 0.416 e. The van der Waals surface area contributed by atoms with Crippen LogP contribution in [0.5, 0.6) is 0 Å². The Balaban J connectivity index is 1.55. The first-order chi connectivity index (χ1) is 13.3. The molecule has 3 rings (SSSR count). The summed E-state index contributed by atoms with van der Waals surface area (Å²) < 4.78 is 40.1. The Morgan fingerprint density at radius 1 is 1.11 bits per heavy atom. The summed E-state index contributed by atoms with van der Waals surface area (Å²) in [5, 5.41) is 11.5. The Morgan fingerprint density at radius 3 is 2.25 bits per heavy atom. The van der Waals surface area contributed by atoms with E-state index in [-0.39, 0.29) is 0 Å². The van der Waals surface area contributed by atoms with E-state index in [0.717, 1.165) is 48.5 Å². The maximum absolute atomic E-state index is 12.7. The smallest absolute Gasteiger partial charge is 0.368 e. The fourth-order valence-corrected chi connectivity index (χ4v) is 3.13. The van der Waals surface area contributed by atoms with Gasteiger partial charge in [-0.2, -0.15) is 13.2 Å². The van der Waals surface area contributed by atoms with Gasteiger partial charge in [-0.15, -0.1) is 10.2 Å². The number of hydrogen-bond acceptors (Lipinski definition) is 4. The molecule has 1 aliphatic heterocycles. The van der Waals surface area contributed by atoms with Crippen molar-refractivity contribution in [2.24, 2.45) is 12.0 Å². The molecule has 7 nitrogen and oxygen atoms in total. The SMILES string of the molecule is CN=C(NCc1nnc(C)n1C)N1CCN(c2ccc(C(F)(F)F)cc2)CC1. The van der Waals surface area contributed by atoms with Gasteiger partial charge in [-0.1, -0.05) is 0 Å². The predicted molar refractivity (Wildman–Crippen MR) is 101 cm³/mol. The highest BCUT2D eigenvalue weighted by Crippen LogP contribution is 2.30. The molecular formula is C18H24F3N7.